The molecule has 0 atom stereocenters. The summed E-state index contributed by atoms with van der Waals surface area (Å²) in [4.78, 5) is 12.2. The third kappa shape index (κ3) is 5.17. The summed E-state index contributed by atoms with van der Waals surface area (Å²) in [6.45, 7) is 0.743. The lowest BCUT2D eigenvalue weighted by molar-refractivity contribution is -0.137. The highest BCUT2D eigenvalue weighted by molar-refractivity contribution is 9.10. The van der Waals surface area contributed by atoms with E-state index in [1.165, 1.54) is 12.1 Å². The van der Waals surface area contributed by atoms with E-state index < -0.39 is 17.6 Å². The number of amides is 1. The highest BCUT2D eigenvalue weighted by atomic mass is 79.9. The molecule has 0 spiro atoms. The van der Waals surface area contributed by atoms with E-state index in [-0.39, 0.29) is 17.9 Å². The van der Waals surface area contributed by atoms with Crippen molar-refractivity contribution in [2.24, 2.45) is 0 Å². The highest BCUT2D eigenvalue weighted by Crippen LogP contribution is 2.33. The highest BCUT2D eigenvalue weighted by Gasteiger charge is 2.30. The topological polar surface area (TPSA) is 78.7 Å². The maximum Gasteiger partial charge on any atom is 0.416 e. The van der Waals surface area contributed by atoms with E-state index in [2.05, 4.69) is 31.7 Å². The summed E-state index contributed by atoms with van der Waals surface area (Å²) >= 11 is 3.48. The molecule has 10 heteroatoms. The van der Waals surface area contributed by atoms with Gasteiger partial charge in [0, 0.05) is 24.2 Å². The van der Waals surface area contributed by atoms with E-state index in [4.69, 9.17) is 0 Å². The second-order valence-electron chi connectivity index (χ2n) is 7.55. The normalized spacial score (nSPS) is 11.5. The molecule has 0 radical (unpaired) electrons. The molecule has 0 aliphatic rings. The van der Waals surface area contributed by atoms with Gasteiger partial charge in [-0.25, -0.2) is 4.52 Å². The Kier molecular flexibility index (Phi) is 6.78. The first-order valence-electron chi connectivity index (χ1n) is 10.4. The maximum atomic E-state index is 12.9. The molecule has 2 aromatic carbocycles. The third-order valence-corrected chi connectivity index (χ3v) is 5.80. The minimum absolute atomic E-state index is 0.0405. The zero-order valence-electron chi connectivity index (χ0n) is 17.7. The number of anilines is 1. The molecule has 1 amide bonds. The maximum absolute atomic E-state index is 12.9. The monoisotopic (exact) mass is 532 g/mol. The summed E-state index contributed by atoms with van der Waals surface area (Å²) in [7, 11) is 0. The van der Waals surface area contributed by atoms with E-state index >= 15 is 0 Å². The third-order valence-electron chi connectivity index (χ3n) is 5.18. The van der Waals surface area contributed by atoms with Crippen LogP contribution in [0.1, 0.15) is 22.3 Å². The Morgan fingerprint density at radius 2 is 1.85 bits per heavy atom. The molecular weight excluding hydrogens is 513 g/mol. The zero-order valence-corrected chi connectivity index (χ0v) is 19.3. The van der Waals surface area contributed by atoms with Crippen LogP contribution in [-0.4, -0.2) is 33.7 Å². The molecule has 4 aromatic rings. The van der Waals surface area contributed by atoms with Crippen LogP contribution in [0.3, 0.4) is 0 Å². The number of hydrogen-bond donors (Lipinski definition) is 3. The fourth-order valence-electron chi connectivity index (χ4n) is 3.50. The predicted molar refractivity (Wildman–Crippen MR) is 127 cm³/mol. The largest absolute Gasteiger partial charge is 0.507 e. The van der Waals surface area contributed by atoms with Gasteiger partial charge in [0.1, 0.15) is 11.6 Å². The quantitative estimate of drug-likeness (QED) is 0.266. The van der Waals surface area contributed by atoms with Gasteiger partial charge in [0.25, 0.3) is 5.91 Å². The molecule has 176 valence electrons. The lowest BCUT2D eigenvalue weighted by Gasteiger charge is -2.13. The van der Waals surface area contributed by atoms with Crippen LogP contribution in [0.4, 0.5) is 19.0 Å². The van der Waals surface area contributed by atoms with Gasteiger partial charge in [-0.2, -0.15) is 18.3 Å². The Morgan fingerprint density at radius 1 is 1.06 bits per heavy atom. The van der Waals surface area contributed by atoms with Crippen molar-refractivity contribution in [3.8, 4) is 16.9 Å². The number of halogens is 4. The van der Waals surface area contributed by atoms with Crippen molar-refractivity contribution in [1.29, 1.82) is 0 Å². The number of nitrogens with zero attached hydrogens (tertiary/aromatic N) is 2. The van der Waals surface area contributed by atoms with Crippen molar-refractivity contribution in [1.82, 2.24) is 14.9 Å². The fraction of sp³-hybridized carbons (Fsp3) is 0.167. The van der Waals surface area contributed by atoms with Crippen molar-refractivity contribution < 1.29 is 23.1 Å². The van der Waals surface area contributed by atoms with Gasteiger partial charge in [-0.3, -0.25) is 4.79 Å². The number of benzene rings is 2. The second-order valence-corrected chi connectivity index (χ2v) is 8.41. The van der Waals surface area contributed by atoms with Crippen LogP contribution in [-0.2, 0) is 6.18 Å². The molecule has 3 N–H and O–H groups in total. The van der Waals surface area contributed by atoms with E-state index in [0.29, 0.717) is 24.3 Å². The predicted octanol–water partition coefficient (Wildman–Crippen LogP) is 5.72. The van der Waals surface area contributed by atoms with Gasteiger partial charge in [0.05, 0.1) is 21.7 Å². The Balaban J connectivity index is 1.41. The number of alkyl halides is 3. The number of pyridine rings is 1. The van der Waals surface area contributed by atoms with Gasteiger partial charge in [-0.1, -0.05) is 24.3 Å². The fourth-order valence-corrected chi connectivity index (χ4v) is 3.88. The average molecular weight is 533 g/mol. The van der Waals surface area contributed by atoms with E-state index in [1.54, 1.807) is 22.8 Å². The van der Waals surface area contributed by atoms with Gasteiger partial charge in [-0.15, -0.1) is 0 Å². The first-order chi connectivity index (χ1) is 16.2. The smallest absolute Gasteiger partial charge is 0.416 e. The van der Waals surface area contributed by atoms with Gasteiger partial charge >= 0.3 is 6.18 Å². The van der Waals surface area contributed by atoms with Crippen LogP contribution >= 0.6 is 15.9 Å². The molecule has 0 unspecified atom stereocenters. The van der Waals surface area contributed by atoms with Crippen molar-refractivity contribution in [3.05, 3.63) is 82.5 Å². The summed E-state index contributed by atoms with van der Waals surface area (Å²) in [6.07, 6.45) is -2.31. The zero-order chi connectivity index (χ0) is 24.3. The molecule has 2 heterocycles. The summed E-state index contributed by atoms with van der Waals surface area (Å²) < 4.78 is 41.1. The molecule has 34 heavy (non-hydrogen) atoms. The number of phenolic OH excluding ortho intramolecular Hbond substituents is 1. The SMILES string of the molecule is O=C(NCCCNc1cc(-c2ccccc2O)cc2c(Br)cnn12)c1cccc(C(F)(F)F)c1. The van der Waals surface area contributed by atoms with Crippen LogP contribution in [0, 0.1) is 0 Å². The number of carbonyl (C=O) groups is 1. The molecule has 0 aliphatic heterocycles. The van der Waals surface area contributed by atoms with Gasteiger partial charge in [-0.05, 0) is 64.3 Å². The van der Waals surface area contributed by atoms with Crippen molar-refractivity contribution >= 4 is 33.2 Å². The average Bonchev–Trinajstić information content (AvgIpc) is 3.19. The minimum Gasteiger partial charge on any atom is -0.507 e. The number of para-hydroxylation sites is 1. The number of aromatic hydroxyl groups is 1. The van der Waals surface area contributed by atoms with Crippen LogP contribution in [0.15, 0.2) is 71.3 Å². The molecule has 0 fully saturated rings. The van der Waals surface area contributed by atoms with Crippen molar-refractivity contribution in [2.45, 2.75) is 12.6 Å². The lowest BCUT2D eigenvalue weighted by Crippen LogP contribution is -2.26. The van der Waals surface area contributed by atoms with E-state index in [9.17, 15) is 23.1 Å². The summed E-state index contributed by atoms with van der Waals surface area (Å²) in [6, 6.07) is 15.1. The first kappa shape index (κ1) is 23.6. The van der Waals surface area contributed by atoms with E-state index in [1.807, 2.05) is 24.3 Å². The molecule has 0 saturated carbocycles. The van der Waals surface area contributed by atoms with Gasteiger partial charge in [0.15, 0.2) is 0 Å². The van der Waals surface area contributed by atoms with Gasteiger partial charge in [0.2, 0.25) is 0 Å². The number of aromatic nitrogens is 2. The second kappa shape index (κ2) is 9.76. The van der Waals surface area contributed by atoms with Crippen LogP contribution in [0.2, 0.25) is 0 Å². The Bertz CT molecular complexity index is 1340. The van der Waals surface area contributed by atoms with Crippen LogP contribution in [0.25, 0.3) is 16.6 Å². The lowest BCUT2D eigenvalue weighted by atomic mass is 10.1. The summed E-state index contributed by atoms with van der Waals surface area (Å²) in [5, 5.41) is 20.5. The Labute approximate surface area is 201 Å². The molecule has 0 saturated heterocycles. The van der Waals surface area contributed by atoms with Crippen LogP contribution < -0.4 is 10.6 Å². The molecule has 0 aliphatic carbocycles. The molecule has 0 bridgehead atoms. The first-order valence-corrected chi connectivity index (χ1v) is 11.2. The molecule has 6 nitrogen and oxygen atoms in total. The Morgan fingerprint density at radius 3 is 2.62 bits per heavy atom. The van der Waals surface area contributed by atoms with Crippen molar-refractivity contribution in [3.63, 3.8) is 0 Å². The number of hydrogen-bond acceptors (Lipinski definition) is 4. The number of nitrogens with one attached hydrogen (secondary N) is 2. The van der Waals surface area contributed by atoms with Crippen molar-refractivity contribution in [2.75, 3.05) is 18.4 Å². The number of rotatable bonds is 7. The minimum atomic E-state index is -4.50. The summed E-state index contributed by atoms with van der Waals surface area (Å²) in [5.74, 6) is 0.280. The summed E-state index contributed by atoms with van der Waals surface area (Å²) in [5.41, 5.74) is 1.38. The number of phenols is 1. The van der Waals surface area contributed by atoms with Crippen LogP contribution in [0.5, 0.6) is 5.75 Å². The molecule has 2 aromatic heterocycles. The van der Waals surface area contributed by atoms with Gasteiger partial charge < -0.3 is 15.7 Å². The molecule has 4 rings (SSSR count). The molecular formula is C24H20BrF3N4O2. The van der Waals surface area contributed by atoms with E-state index in [0.717, 1.165) is 27.7 Å². The number of carbonyl (C=O) groups excluding carboxylic acids is 1. The standard InChI is InChI=1S/C24H20BrF3N4O2/c25-19-14-31-32-20(19)12-16(18-7-1-2-8-21(18)33)13-22(32)29-9-4-10-30-23(34)15-5-3-6-17(11-15)24(26,27)28/h1-3,5-8,11-14,29,33H,4,9-10H2,(H,30,34). The number of fused-ring (bicyclic) bond motifs is 1. The Hall–Kier alpha value is -3.53.